The molecule has 0 saturated carbocycles. The number of carbonyl (C=O) groups excluding carboxylic acids is 2. The molecule has 4 rings (SSSR count). The summed E-state index contributed by atoms with van der Waals surface area (Å²) in [5, 5.41) is 12.4. The highest BCUT2D eigenvalue weighted by Crippen LogP contribution is 2.19. The van der Waals surface area contributed by atoms with E-state index in [1.807, 2.05) is 30.3 Å². The molecule has 0 atom stereocenters. The van der Waals surface area contributed by atoms with Crippen molar-refractivity contribution >= 4 is 39.2 Å². The van der Waals surface area contributed by atoms with E-state index in [0.717, 1.165) is 10.0 Å². The second kappa shape index (κ2) is 8.71. The Morgan fingerprint density at radius 3 is 2.47 bits per heavy atom. The summed E-state index contributed by atoms with van der Waals surface area (Å²) in [4.78, 5) is 29.2. The Morgan fingerprint density at radius 2 is 1.70 bits per heavy atom. The molecule has 0 spiro atoms. The van der Waals surface area contributed by atoms with Gasteiger partial charge in [-0.3, -0.25) is 14.7 Å². The van der Waals surface area contributed by atoms with Gasteiger partial charge in [-0.2, -0.15) is 5.10 Å². The van der Waals surface area contributed by atoms with Crippen molar-refractivity contribution in [1.82, 2.24) is 15.2 Å². The third-order valence-corrected chi connectivity index (χ3v) is 4.71. The van der Waals surface area contributed by atoms with Crippen LogP contribution < -0.4 is 10.6 Å². The number of hydrogen-bond acceptors (Lipinski definition) is 4. The SMILES string of the molecule is O=C(Nc1ccc(Br)cn1)c1cccc(NC(=O)c2cc(-c3ccccc3)n[nH]2)c1. The van der Waals surface area contributed by atoms with Crippen LogP contribution >= 0.6 is 15.9 Å². The van der Waals surface area contributed by atoms with Crippen LogP contribution in [0.5, 0.6) is 0 Å². The zero-order chi connectivity index (χ0) is 20.9. The Balaban J connectivity index is 1.45. The fraction of sp³-hybridized carbons (Fsp3) is 0. The average molecular weight is 462 g/mol. The molecule has 0 aliphatic heterocycles. The Hall–Kier alpha value is -3.78. The Morgan fingerprint density at radius 1 is 0.867 bits per heavy atom. The highest BCUT2D eigenvalue weighted by Gasteiger charge is 2.13. The monoisotopic (exact) mass is 461 g/mol. The van der Waals surface area contributed by atoms with Crippen LogP contribution in [0.1, 0.15) is 20.8 Å². The highest BCUT2D eigenvalue weighted by molar-refractivity contribution is 9.10. The highest BCUT2D eigenvalue weighted by atomic mass is 79.9. The molecule has 0 unspecified atom stereocenters. The molecule has 4 aromatic rings. The predicted octanol–water partition coefficient (Wildman–Crippen LogP) is 4.74. The smallest absolute Gasteiger partial charge is 0.273 e. The summed E-state index contributed by atoms with van der Waals surface area (Å²) in [6, 6.07) is 21.4. The van der Waals surface area contributed by atoms with E-state index >= 15 is 0 Å². The standard InChI is InChI=1S/C22H16BrN5O2/c23-16-9-10-20(24-13-16)26-21(29)15-7-4-8-17(11-15)25-22(30)19-12-18(27-28-19)14-5-2-1-3-6-14/h1-13H,(H,25,30)(H,27,28)(H,24,26,29). The molecule has 2 aromatic carbocycles. The molecule has 2 heterocycles. The van der Waals surface area contributed by atoms with Crippen molar-refractivity contribution in [2.24, 2.45) is 0 Å². The number of pyridine rings is 1. The summed E-state index contributed by atoms with van der Waals surface area (Å²) in [6.07, 6.45) is 1.60. The second-order valence-electron chi connectivity index (χ2n) is 6.38. The van der Waals surface area contributed by atoms with E-state index in [2.05, 4.69) is 41.7 Å². The third-order valence-electron chi connectivity index (χ3n) is 4.24. The number of hydrogen-bond donors (Lipinski definition) is 3. The van der Waals surface area contributed by atoms with Crippen LogP contribution in [0.2, 0.25) is 0 Å². The first-order valence-corrected chi connectivity index (χ1v) is 9.83. The minimum Gasteiger partial charge on any atom is -0.321 e. The van der Waals surface area contributed by atoms with Gasteiger partial charge in [-0.05, 0) is 52.3 Å². The summed E-state index contributed by atoms with van der Waals surface area (Å²) >= 11 is 3.30. The number of anilines is 2. The Labute approximate surface area is 180 Å². The number of aromatic nitrogens is 3. The van der Waals surface area contributed by atoms with Crippen molar-refractivity contribution in [3.05, 3.63) is 94.7 Å². The minimum absolute atomic E-state index is 0.322. The first-order valence-electron chi connectivity index (χ1n) is 9.04. The maximum absolute atomic E-state index is 12.6. The van der Waals surface area contributed by atoms with E-state index in [9.17, 15) is 9.59 Å². The van der Waals surface area contributed by atoms with Crippen LogP contribution in [0, 0.1) is 0 Å². The normalized spacial score (nSPS) is 10.4. The molecular formula is C22H16BrN5O2. The zero-order valence-electron chi connectivity index (χ0n) is 15.6. The molecule has 0 fully saturated rings. The van der Waals surface area contributed by atoms with Crippen molar-refractivity contribution in [1.29, 1.82) is 0 Å². The quantitative estimate of drug-likeness (QED) is 0.399. The van der Waals surface area contributed by atoms with Gasteiger partial charge in [0.05, 0.1) is 5.69 Å². The van der Waals surface area contributed by atoms with Crippen LogP contribution in [-0.2, 0) is 0 Å². The zero-order valence-corrected chi connectivity index (χ0v) is 17.2. The van der Waals surface area contributed by atoms with Gasteiger partial charge in [0.1, 0.15) is 11.5 Å². The van der Waals surface area contributed by atoms with Gasteiger partial charge >= 0.3 is 0 Å². The maximum Gasteiger partial charge on any atom is 0.273 e. The first kappa shape index (κ1) is 19.5. The van der Waals surface area contributed by atoms with Gasteiger partial charge < -0.3 is 10.6 Å². The molecule has 2 aromatic heterocycles. The van der Waals surface area contributed by atoms with Crippen molar-refractivity contribution in [2.45, 2.75) is 0 Å². The summed E-state index contributed by atoms with van der Waals surface area (Å²) in [5.74, 6) is -0.241. The summed E-state index contributed by atoms with van der Waals surface area (Å²) < 4.78 is 0.819. The average Bonchev–Trinajstić information content (AvgIpc) is 3.27. The van der Waals surface area contributed by atoms with E-state index in [-0.39, 0.29) is 11.8 Å². The second-order valence-corrected chi connectivity index (χ2v) is 7.30. The molecule has 8 heteroatoms. The van der Waals surface area contributed by atoms with Crippen LogP contribution in [0.3, 0.4) is 0 Å². The number of halogens is 1. The topological polar surface area (TPSA) is 99.8 Å². The summed E-state index contributed by atoms with van der Waals surface area (Å²) in [7, 11) is 0. The third kappa shape index (κ3) is 4.61. The molecule has 0 bridgehead atoms. The summed E-state index contributed by atoms with van der Waals surface area (Å²) in [6.45, 7) is 0. The fourth-order valence-electron chi connectivity index (χ4n) is 2.77. The molecule has 0 aliphatic carbocycles. The number of rotatable bonds is 5. The lowest BCUT2D eigenvalue weighted by Gasteiger charge is -2.07. The lowest BCUT2D eigenvalue weighted by atomic mass is 10.1. The van der Waals surface area contributed by atoms with Crippen molar-refractivity contribution < 1.29 is 9.59 Å². The van der Waals surface area contributed by atoms with Gasteiger partial charge in [0.25, 0.3) is 11.8 Å². The molecule has 0 saturated heterocycles. The van der Waals surface area contributed by atoms with E-state index in [0.29, 0.717) is 28.5 Å². The number of carbonyl (C=O) groups is 2. The van der Waals surface area contributed by atoms with Gasteiger partial charge in [-0.25, -0.2) is 4.98 Å². The molecule has 2 amide bonds. The molecule has 148 valence electrons. The van der Waals surface area contributed by atoms with Gasteiger partial charge in [-0.15, -0.1) is 0 Å². The molecular weight excluding hydrogens is 446 g/mol. The lowest BCUT2D eigenvalue weighted by molar-refractivity contribution is 0.101. The number of benzene rings is 2. The molecule has 0 radical (unpaired) electrons. The number of aromatic amines is 1. The number of amides is 2. The largest absolute Gasteiger partial charge is 0.321 e. The predicted molar refractivity (Wildman–Crippen MR) is 118 cm³/mol. The first-order chi connectivity index (χ1) is 14.6. The Kier molecular flexibility index (Phi) is 5.67. The van der Waals surface area contributed by atoms with Gasteiger partial charge in [-0.1, -0.05) is 36.4 Å². The molecule has 3 N–H and O–H groups in total. The number of nitrogens with one attached hydrogen (secondary N) is 3. The minimum atomic E-state index is -0.350. The van der Waals surface area contributed by atoms with Crippen LogP contribution in [0.15, 0.2) is 83.5 Å². The number of H-pyrrole nitrogens is 1. The van der Waals surface area contributed by atoms with E-state index < -0.39 is 0 Å². The lowest BCUT2D eigenvalue weighted by Crippen LogP contribution is -2.15. The van der Waals surface area contributed by atoms with E-state index in [1.54, 1.807) is 48.7 Å². The van der Waals surface area contributed by atoms with Gasteiger partial charge in [0.2, 0.25) is 0 Å². The van der Waals surface area contributed by atoms with Crippen LogP contribution in [-0.4, -0.2) is 27.0 Å². The molecule has 7 nitrogen and oxygen atoms in total. The Bertz CT molecular complexity index is 1190. The van der Waals surface area contributed by atoms with E-state index in [4.69, 9.17) is 0 Å². The van der Waals surface area contributed by atoms with Crippen LogP contribution in [0.4, 0.5) is 11.5 Å². The van der Waals surface area contributed by atoms with Crippen LogP contribution in [0.25, 0.3) is 11.3 Å². The number of nitrogens with zero attached hydrogens (tertiary/aromatic N) is 2. The van der Waals surface area contributed by atoms with Gasteiger partial charge in [0.15, 0.2) is 0 Å². The molecule has 30 heavy (non-hydrogen) atoms. The van der Waals surface area contributed by atoms with Crippen molar-refractivity contribution in [3.63, 3.8) is 0 Å². The molecule has 0 aliphatic rings. The van der Waals surface area contributed by atoms with Crippen molar-refractivity contribution in [3.8, 4) is 11.3 Å². The van der Waals surface area contributed by atoms with Crippen molar-refractivity contribution in [2.75, 3.05) is 10.6 Å². The van der Waals surface area contributed by atoms with E-state index in [1.165, 1.54) is 0 Å². The van der Waals surface area contributed by atoms with Gasteiger partial charge in [0, 0.05) is 27.5 Å². The summed E-state index contributed by atoms with van der Waals surface area (Å²) in [5.41, 5.74) is 2.80. The fourth-order valence-corrected chi connectivity index (χ4v) is 3.00. The maximum atomic E-state index is 12.6.